The highest BCUT2D eigenvalue weighted by Crippen LogP contribution is 2.41. The zero-order valence-electron chi connectivity index (χ0n) is 10.9. The standard InChI is InChI=1S/C14H14BrNO3S/c1-17-11-4-9(5-12-14(11)19-8-18-12)6-16-7-10-2-3-13(15)20-10/h2-5,16H,6-8H2,1H3. The summed E-state index contributed by atoms with van der Waals surface area (Å²) in [5, 5.41) is 3.41. The van der Waals surface area contributed by atoms with E-state index in [9.17, 15) is 0 Å². The summed E-state index contributed by atoms with van der Waals surface area (Å²) in [5.41, 5.74) is 1.11. The number of halogens is 1. The maximum Gasteiger partial charge on any atom is 0.231 e. The summed E-state index contributed by atoms with van der Waals surface area (Å²) < 4.78 is 17.3. The number of fused-ring (bicyclic) bond motifs is 1. The smallest absolute Gasteiger partial charge is 0.231 e. The quantitative estimate of drug-likeness (QED) is 0.890. The van der Waals surface area contributed by atoms with Gasteiger partial charge in [0.15, 0.2) is 11.5 Å². The van der Waals surface area contributed by atoms with Gasteiger partial charge in [0.1, 0.15) is 0 Å². The van der Waals surface area contributed by atoms with E-state index in [1.54, 1.807) is 18.4 Å². The van der Waals surface area contributed by atoms with Gasteiger partial charge in [0.05, 0.1) is 10.9 Å². The number of ether oxygens (including phenoxy) is 3. The van der Waals surface area contributed by atoms with Crippen molar-refractivity contribution in [2.24, 2.45) is 0 Å². The highest BCUT2D eigenvalue weighted by atomic mass is 79.9. The van der Waals surface area contributed by atoms with E-state index in [4.69, 9.17) is 14.2 Å². The van der Waals surface area contributed by atoms with Crippen molar-refractivity contribution >= 4 is 27.3 Å². The normalized spacial score (nSPS) is 12.7. The van der Waals surface area contributed by atoms with Gasteiger partial charge in [-0.1, -0.05) is 0 Å². The van der Waals surface area contributed by atoms with Crippen molar-refractivity contribution in [1.29, 1.82) is 0 Å². The summed E-state index contributed by atoms with van der Waals surface area (Å²) in [5.74, 6) is 2.16. The van der Waals surface area contributed by atoms with Gasteiger partial charge in [-0.2, -0.15) is 0 Å². The predicted molar refractivity (Wildman–Crippen MR) is 81.7 cm³/mol. The SMILES string of the molecule is COc1cc(CNCc2ccc(Br)s2)cc2c1OCO2. The first kappa shape index (κ1) is 13.7. The van der Waals surface area contributed by atoms with Crippen LogP contribution in [0.5, 0.6) is 17.2 Å². The highest BCUT2D eigenvalue weighted by molar-refractivity contribution is 9.11. The Hall–Kier alpha value is -1.24. The lowest BCUT2D eigenvalue weighted by Crippen LogP contribution is -2.11. The van der Waals surface area contributed by atoms with Crippen LogP contribution in [0.4, 0.5) is 0 Å². The Labute approximate surface area is 129 Å². The van der Waals surface area contributed by atoms with Gasteiger partial charge in [-0.3, -0.25) is 0 Å². The zero-order chi connectivity index (χ0) is 13.9. The molecule has 1 aliphatic rings. The van der Waals surface area contributed by atoms with Crippen molar-refractivity contribution < 1.29 is 14.2 Å². The largest absolute Gasteiger partial charge is 0.493 e. The lowest BCUT2D eigenvalue weighted by molar-refractivity contribution is 0.171. The molecule has 20 heavy (non-hydrogen) atoms. The summed E-state index contributed by atoms with van der Waals surface area (Å²) >= 11 is 5.20. The first-order valence-electron chi connectivity index (χ1n) is 6.17. The van der Waals surface area contributed by atoms with Crippen LogP contribution in [0.25, 0.3) is 0 Å². The van der Waals surface area contributed by atoms with Gasteiger partial charge in [-0.15, -0.1) is 11.3 Å². The summed E-state index contributed by atoms with van der Waals surface area (Å²) in [7, 11) is 1.64. The van der Waals surface area contributed by atoms with E-state index >= 15 is 0 Å². The minimum Gasteiger partial charge on any atom is -0.493 e. The first-order chi connectivity index (χ1) is 9.76. The number of nitrogens with one attached hydrogen (secondary N) is 1. The molecule has 0 saturated heterocycles. The molecule has 0 fully saturated rings. The van der Waals surface area contributed by atoms with E-state index in [2.05, 4.69) is 33.4 Å². The second-order valence-corrected chi connectivity index (χ2v) is 6.89. The molecule has 0 amide bonds. The molecule has 2 aromatic rings. The molecular weight excluding hydrogens is 342 g/mol. The number of methoxy groups -OCH3 is 1. The van der Waals surface area contributed by atoms with E-state index < -0.39 is 0 Å². The maximum atomic E-state index is 5.42. The summed E-state index contributed by atoms with van der Waals surface area (Å²) in [6.07, 6.45) is 0. The van der Waals surface area contributed by atoms with E-state index in [1.807, 2.05) is 12.1 Å². The number of hydrogen-bond acceptors (Lipinski definition) is 5. The average Bonchev–Trinajstić information content (AvgIpc) is 3.06. The van der Waals surface area contributed by atoms with E-state index in [0.29, 0.717) is 5.75 Å². The fourth-order valence-corrected chi connectivity index (χ4v) is 3.52. The van der Waals surface area contributed by atoms with E-state index in [1.165, 1.54) is 4.88 Å². The Kier molecular flexibility index (Phi) is 4.14. The van der Waals surface area contributed by atoms with E-state index in [0.717, 1.165) is 33.9 Å². The van der Waals surface area contributed by atoms with Crippen molar-refractivity contribution in [3.63, 3.8) is 0 Å². The van der Waals surface area contributed by atoms with Crippen LogP contribution in [0.2, 0.25) is 0 Å². The van der Waals surface area contributed by atoms with Crippen molar-refractivity contribution in [2.75, 3.05) is 13.9 Å². The third-order valence-corrected chi connectivity index (χ3v) is 4.60. The molecule has 1 aromatic carbocycles. The van der Waals surface area contributed by atoms with Crippen molar-refractivity contribution in [3.05, 3.63) is 38.5 Å². The van der Waals surface area contributed by atoms with Gasteiger partial charge in [-0.25, -0.2) is 0 Å². The molecule has 0 atom stereocenters. The molecule has 6 heteroatoms. The van der Waals surface area contributed by atoms with Crippen LogP contribution in [-0.4, -0.2) is 13.9 Å². The molecule has 0 saturated carbocycles. The Bertz CT molecular complexity index is 614. The molecule has 0 bridgehead atoms. The Morgan fingerprint density at radius 2 is 2.20 bits per heavy atom. The second kappa shape index (κ2) is 6.03. The van der Waals surface area contributed by atoms with Crippen LogP contribution in [0, 0.1) is 0 Å². The van der Waals surface area contributed by atoms with Crippen LogP contribution < -0.4 is 19.5 Å². The highest BCUT2D eigenvalue weighted by Gasteiger charge is 2.19. The minimum absolute atomic E-state index is 0.256. The molecule has 1 N–H and O–H groups in total. The van der Waals surface area contributed by atoms with Crippen LogP contribution in [0.3, 0.4) is 0 Å². The number of thiophene rings is 1. The third kappa shape index (κ3) is 2.92. The van der Waals surface area contributed by atoms with Gasteiger partial charge in [0.25, 0.3) is 0 Å². The number of benzene rings is 1. The predicted octanol–water partition coefficient (Wildman–Crippen LogP) is 3.54. The Balaban J connectivity index is 1.65. The third-order valence-electron chi connectivity index (χ3n) is 2.98. The van der Waals surface area contributed by atoms with Crippen LogP contribution >= 0.6 is 27.3 Å². The molecule has 106 valence electrons. The van der Waals surface area contributed by atoms with Crippen LogP contribution in [0.15, 0.2) is 28.1 Å². The molecule has 1 aliphatic heterocycles. The van der Waals surface area contributed by atoms with E-state index in [-0.39, 0.29) is 6.79 Å². The zero-order valence-corrected chi connectivity index (χ0v) is 13.3. The Morgan fingerprint density at radius 1 is 1.30 bits per heavy atom. The molecule has 2 heterocycles. The first-order valence-corrected chi connectivity index (χ1v) is 7.78. The molecule has 4 nitrogen and oxygen atoms in total. The van der Waals surface area contributed by atoms with Crippen molar-refractivity contribution in [2.45, 2.75) is 13.1 Å². The number of hydrogen-bond donors (Lipinski definition) is 1. The second-order valence-electron chi connectivity index (χ2n) is 4.34. The molecule has 1 aromatic heterocycles. The van der Waals surface area contributed by atoms with Gasteiger partial charge >= 0.3 is 0 Å². The molecule has 0 spiro atoms. The minimum atomic E-state index is 0.256. The monoisotopic (exact) mass is 355 g/mol. The van der Waals surface area contributed by atoms with Gasteiger partial charge < -0.3 is 19.5 Å². The summed E-state index contributed by atoms with van der Waals surface area (Å²) in [6, 6.07) is 8.14. The number of rotatable bonds is 5. The van der Waals surface area contributed by atoms with Gasteiger partial charge in [-0.05, 0) is 45.8 Å². The fraction of sp³-hybridized carbons (Fsp3) is 0.286. The van der Waals surface area contributed by atoms with Gasteiger partial charge in [0.2, 0.25) is 12.5 Å². The topological polar surface area (TPSA) is 39.7 Å². The van der Waals surface area contributed by atoms with Crippen LogP contribution in [0.1, 0.15) is 10.4 Å². The Morgan fingerprint density at radius 3 is 2.95 bits per heavy atom. The fourth-order valence-electron chi connectivity index (χ4n) is 2.06. The summed E-state index contributed by atoms with van der Waals surface area (Å²) in [4.78, 5) is 1.30. The summed E-state index contributed by atoms with van der Waals surface area (Å²) in [6.45, 7) is 1.85. The average molecular weight is 356 g/mol. The molecule has 3 rings (SSSR count). The lowest BCUT2D eigenvalue weighted by Gasteiger charge is -2.09. The molecule has 0 aliphatic carbocycles. The molecular formula is C14H14BrNO3S. The maximum absolute atomic E-state index is 5.42. The van der Waals surface area contributed by atoms with Crippen molar-refractivity contribution in [3.8, 4) is 17.2 Å². The van der Waals surface area contributed by atoms with Gasteiger partial charge in [0, 0.05) is 18.0 Å². The lowest BCUT2D eigenvalue weighted by atomic mass is 10.2. The van der Waals surface area contributed by atoms with Crippen molar-refractivity contribution in [1.82, 2.24) is 5.32 Å². The van der Waals surface area contributed by atoms with Crippen LogP contribution in [-0.2, 0) is 13.1 Å². The molecule has 0 unspecified atom stereocenters. The molecule has 0 radical (unpaired) electrons.